The summed E-state index contributed by atoms with van der Waals surface area (Å²) in [6.45, 7) is 0. The monoisotopic (exact) mass is 547 g/mol. The molecule has 2 fully saturated rings. The van der Waals surface area contributed by atoms with Gasteiger partial charge in [0.25, 0.3) is 5.91 Å². The van der Waals surface area contributed by atoms with Crippen LogP contribution in [0.3, 0.4) is 0 Å². The van der Waals surface area contributed by atoms with Gasteiger partial charge in [-0.2, -0.15) is 0 Å². The van der Waals surface area contributed by atoms with E-state index >= 15 is 0 Å². The second kappa shape index (κ2) is 9.84. The molecule has 7 heteroatoms. The number of rotatable bonds is 7. The van der Waals surface area contributed by atoms with E-state index in [9.17, 15) is 14.0 Å². The van der Waals surface area contributed by atoms with Crippen LogP contribution >= 0.6 is 0 Å². The van der Waals surface area contributed by atoms with Crippen molar-refractivity contribution < 1.29 is 18.7 Å². The summed E-state index contributed by atoms with van der Waals surface area (Å²) in [5.74, 6) is -0.145. The molecule has 7 rings (SSSR count). The molecule has 0 radical (unpaired) electrons. The van der Waals surface area contributed by atoms with Crippen molar-refractivity contribution >= 4 is 11.8 Å². The summed E-state index contributed by atoms with van der Waals surface area (Å²) in [5, 5.41) is 6.01. The zero-order valence-corrected chi connectivity index (χ0v) is 22.7. The van der Waals surface area contributed by atoms with Gasteiger partial charge in [0.15, 0.2) is 0 Å². The van der Waals surface area contributed by atoms with Crippen LogP contribution in [0.25, 0.3) is 11.1 Å². The molecule has 3 aliphatic rings. The Morgan fingerprint density at radius 3 is 2.44 bits per heavy atom. The van der Waals surface area contributed by atoms with Crippen LogP contribution in [0.15, 0.2) is 85.1 Å². The molecule has 6 nitrogen and oxygen atoms in total. The molecule has 3 aromatic carbocycles. The standard InChI is InChI=1S/C34H30FN3O3/c1-36-33(40)30-27-18-22(10-14-28(27)41-31(30)21-7-11-24(35)12-8-21)26-19-23(9-13-25(26)20-5-6-20)32(39)38-34(15-16-34)29-4-2-3-17-37-29/h2-4,7-14,17-20,30-31H,5-6,15-16H2,1H3,(H,36,40)(H,38,39). The van der Waals surface area contributed by atoms with E-state index in [0.29, 0.717) is 17.2 Å². The number of nitrogens with one attached hydrogen (secondary N) is 2. The van der Waals surface area contributed by atoms with Gasteiger partial charge in [-0.3, -0.25) is 14.6 Å². The topological polar surface area (TPSA) is 80.3 Å². The molecule has 2 saturated carbocycles. The molecule has 0 spiro atoms. The van der Waals surface area contributed by atoms with Crippen LogP contribution < -0.4 is 15.4 Å². The molecule has 2 atom stereocenters. The molecule has 2 amide bonds. The Balaban J connectivity index is 1.24. The van der Waals surface area contributed by atoms with Gasteiger partial charge in [0.05, 0.1) is 11.2 Å². The Morgan fingerprint density at radius 2 is 1.76 bits per heavy atom. The summed E-state index contributed by atoms with van der Waals surface area (Å²) in [6.07, 6.45) is 5.15. The number of amides is 2. The highest BCUT2D eigenvalue weighted by Crippen LogP contribution is 2.50. The average molecular weight is 548 g/mol. The maximum atomic E-state index is 13.6. The zero-order chi connectivity index (χ0) is 28.1. The lowest BCUT2D eigenvalue weighted by Crippen LogP contribution is -2.35. The van der Waals surface area contributed by atoms with Crippen LogP contribution in [0.2, 0.25) is 0 Å². The van der Waals surface area contributed by atoms with E-state index in [1.54, 1.807) is 25.4 Å². The van der Waals surface area contributed by atoms with Crippen molar-refractivity contribution in [2.24, 2.45) is 0 Å². The molecule has 41 heavy (non-hydrogen) atoms. The van der Waals surface area contributed by atoms with Gasteiger partial charge in [-0.15, -0.1) is 0 Å². The lowest BCUT2D eigenvalue weighted by molar-refractivity contribution is -0.123. The normalized spacial score (nSPS) is 20.0. The lowest BCUT2D eigenvalue weighted by Gasteiger charge is -2.19. The average Bonchev–Trinajstić information content (AvgIpc) is 3.95. The van der Waals surface area contributed by atoms with E-state index in [2.05, 4.69) is 21.7 Å². The maximum Gasteiger partial charge on any atom is 0.252 e. The number of fused-ring (bicyclic) bond motifs is 1. The van der Waals surface area contributed by atoms with E-state index in [1.165, 1.54) is 17.7 Å². The highest BCUT2D eigenvalue weighted by atomic mass is 19.1. The van der Waals surface area contributed by atoms with Gasteiger partial charge in [0, 0.05) is 24.4 Å². The number of benzene rings is 3. The Labute approximate surface area is 238 Å². The minimum atomic E-state index is -0.593. The first-order valence-corrected chi connectivity index (χ1v) is 14.1. The van der Waals surface area contributed by atoms with E-state index in [4.69, 9.17) is 4.74 Å². The Hall–Kier alpha value is -4.52. The van der Waals surface area contributed by atoms with Crippen LogP contribution in [0.4, 0.5) is 4.39 Å². The van der Waals surface area contributed by atoms with Gasteiger partial charge in [0.1, 0.15) is 23.6 Å². The molecule has 0 saturated heterocycles. The van der Waals surface area contributed by atoms with Crippen molar-refractivity contribution in [2.75, 3.05) is 7.05 Å². The molecular formula is C34H30FN3O3. The van der Waals surface area contributed by atoms with Crippen LogP contribution in [-0.4, -0.2) is 23.8 Å². The third kappa shape index (κ3) is 4.65. The largest absolute Gasteiger partial charge is 0.484 e. The van der Waals surface area contributed by atoms with Gasteiger partial charge < -0.3 is 15.4 Å². The SMILES string of the molecule is CNC(=O)C1c2cc(-c3cc(C(=O)NC4(c5ccccn5)CC4)ccc3C3CC3)ccc2OC1c1ccc(F)cc1. The summed E-state index contributed by atoms with van der Waals surface area (Å²) in [6, 6.07) is 23.7. The van der Waals surface area contributed by atoms with Gasteiger partial charge in [0.2, 0.25) is 5.91 Å². The van der Waals surface area contributed by atoms with E-state index in [1.807, 2.05) is 48.5 Å². The molecule has 2 aliphatic carbocycles. The van der Waals surface area contributed by atoms with E-state index < -0.39 is 17.6 Å². The number of hydrogen-bond acceptors (Lipinski definition) is 4. The van der Waals surface area contributed by atoms with Gasteiger partial charge in [-0.05, 0) is 102 Å². The smallest absolute Gasteiger partial charge is 0.252 e. The number of likely N-dealkylation sites (N-methyl/N-ethyl adjacent to an activating group) is 1. The Morgan fingerprint density at radius 1 is 0.951 bits per heavy atom. The van der Waals surface area contributed by atoms with Crippen LogP contribution in [0.1, 0.15) is 76.4 Å². The molecular weight excluding hydrogens is 517 g/mol. The highest BCUT2D eigenvalue weighted by Gasteiger charge is 2.47. The van der Waals surface area contributed by atoms with Crippen LogP contribution in [0.5, 0.6) is 5.75 Å². The first kappa shape index (κ1) is 25.4. The fourth-order valence-electron chi connectivity index (χ4n) is 5.98. The molecule has 206 valence electrons. The van der Waals surface area contributed by atoms with Gasteiger partial charge in [-0.1, -0.05) is 30.3 Å². The Bertz CT molecular complexity index is 1650. The molecule has 2 heterocycles. The first-order valence-electron chi connectivity index (χ1n) is 14.1. The van der Waals surface area contributed by atoms with Gasteiger partial charge >= 0.3 is 0 Å². The predicted octanol–water partition coefficient (Wildman–Crippen LogP) is 6.15. The summed E-state index contributed by atoms with van der Waals surface area (Å²) < 4.78 is 19.9. The summed E-state index contributed by atoms with van der Waals surface area (Å²) >= 11 is 0. The van der Waals surface area contributed by atoms with Gasteiger partial charge in [-0.25, -0.2) is 4.39 Å². The third-order valence-electron chi connectivity index (χ3n) is 8.53. The quantitative estimate of drug-likeness (QED) is 0.291. The number of carbonyl (C=O) groups is 2. The molecule has 1 aliphatic heterocycles. The minimum Gasteiger partial charge on any atom is -0.484 e. The fourth-order valence-corrected chi connectivity index (χ4v) is 5.98. The molecule has 2 unspecified atom stereocenters. The van der Waals surface area contributed by atoms with Crippen molar-refractivity contribution in [2.45, 2.75) is 49.2 Å². The van der Waals surface area contributed by atoms with Crippen molar-refractivity contribution in [1.82, 2.24) is 15.6 Å². The highest BCUT2D eigenvalue weighted by molar-refractivity contribution is 5.97. The fraction of sp³-hybridized carbons (Fsp3) is 0.265. The van der Waals surface area contributed by atoms with Crippen molar-refractivity contribution in [3.05, 3.63) is 119 Å². The zero-order valence-electron chi connectivity index (χ0n) is 22.7. The number of pyridine rings is 1. The summed E-state index contributed by atoms with van der Waals surface area (Å²) in [4.78, 5) is 31.1. The Kier molecular flexibility index (Phi) is 6.11. The maximum absolute atomic E-state index is 13.6. The first-order chi connectivity index (χ1) is 20.0. The summed E-state index contributed by atoms with van der Waals surface area (Å²) in [7, 11) is 1.61. The molecule has 2 N–H and O–H groups in total. The predicted molar refractivity (Wildman–Crippen MR) is 153 cm³/mol. The number of ether oxygens (including phenoxy) is 1. The van der Waals surface area contributed by atoms with Crippen molar-refractivity contribution in [1.29, 1.82) is 0 Å². The van der Waals surface area contributed by atoms with Crippen LogP contribution in [0, 0.1) is 5.82 Å². The lowest BCUT2D eigenvalue weighted by atomic mass is 9.87. The third-order valence-corrected chi connectivity index (χ3v) is 8.53. The van der Waals surface area contributed by atoms with Crippen molar-refractivity contribution in [3.8, 4) is 16.9 Å². The second-order valence-electron chi connectivity index (χ2n) is 11.3. The minimum absolute atomic E-state index is 0.124. The number of halogens is 1. The van der Waals surface area contributed by atoms with Crippen molar-refractivity contribution in [3.63, 3.8) is 0 Å². The molecule has 4 aromatic rings. The number of aromatic nitrogens is 1. The number of nitrogens with zero attached hydrogens (tertiary/aromatic N) is 1. The van der Waals surface area contributed by atoms with Crippen LogP contribution in [-0.2, 0) is 10.3 Å². The van der Waals surface area contributed by atoms with E-state index in [-0.39, 0.29) is 17.6 Å². The van der Waals surface area contributed by atoms with E-state index in [0.717, 1.165) is 53.6 Å². The molecule has 1 aromatic heterocycles. The number of hydrogen-bond donors (Lipinski definition) is 2. The second-order valence-corrected chi connectivity index (χ2v) is 11.3. The summed E-state index contributed by atoms with van der Waals surface area (Å²) in [5.41, 5.74) is 5.71. The molecule has 0 bridgehead atoms. The number of carbonyl (C=O) groups excluding carboxylic acids is 2.